The van der Waals surface area contributed by atoms with E-state index in [-0.39, 0.29) is 12.3 Å². The molecule has 0 heterocycles. The summed E-state index contributed by atoms with van der Waals surface area (Å²) >= 11 is 5.90. The molecule has 2 aromatic carbocycles. The van der Waals surface area contributed by atoms with Gasteiger partial charge in [0, 0.05) is 17.8 Å². The standard InChI is InChI=1S/C14H10ClFN2O/c15-12-6-11(5-4-9(12)7-17)18-8-10-2-1-3-13(16)14(10)19/h1-6,18-19H,8H2. The molecule has 0 bridgehead atoms. The molecule has 19 heavy (non-hydrogen) atoms. The van der Waals surface area contributed by atoms with Crippen LogP contribution in [0, 0.1) is 17.1 Å². The molecule has 0 saturated carbocycles. The Bertz CT molecular complexity index is 652. The van der Waals surface area contributed by atoms with Crippen molar-refractivity contribution in [3.63, 3.8) is 0 Å². The van der Waals surface area contributed by atoms with Gasteiger partial charge in [-0.25, -0.2) is 4.39 Å². The molecule has 0 aliphatic heterocycles. The molecule has 0 aromatic heterocycles. The predicted molar refractivity (Wildman–Crippen MR) is 71.6 cm³/mol. The summed E-state index contributed by atoms with van der Waals surface area (Å²) in [4.78, 5) is 0. The highest BCUT2D eigenvalue weighted by atomic mass is 35.5. The lowest BCUT2D eigenvalue weighted by Gasteiger charge is -2.09. The van der Waals surface area contributed by atoms with E-state index in [9.17, 15) is 9.50 Å². The minimum atomic E-state index is -0.655. The predicted octanol–water partition coefficient (Wildman–Crippen LogP) is 3.67. The van der Waals surface area contributed by atoms with Crippen LogP contribution >= 0.6 is 11.6 Å². The fourth-order valence-electron chi connectivity index (χ4n) is 1.62. The molecule has 2 aromatic rings. The summed E-state index contributed by atoms with van der Waals surface area (Å²) in [5, 5.41) is 21.6. The van der Waals surface area contributed by atoms with Crippen molar-refractivity contribution in [2.45, 2.75) is 6.54 Å². The van der Waals surface area contributed by atoms with E-state index >= 15 is 0 Å². The topological polar surface area (TPSA) is 56.0 Å². The summed E-state index contributed by atoms with van der Waals surface area (Å²) in [5.41, 5.74) is 1.52. The van der Waals surface area contributed by atoms with Crippen LogP contribution in [0.4, 0.5) is 10.1 Å². The molecule has 0 fully saturated rings. The van der Waals surface area contributed by atoms with Crippen LogP contribution in [-0.4, -0.2) is 5.11 Å². The monoisotopic (exact) mass is 276 g/mol. The third-order valence-electron chi connectivity index (χ3n) is 2.64. The van der Waals surface area contributed by atoms with E-state index < -0.39 is 5.82 Å². The lowest BCUT2D eigenvalue weighted by Crippen LogP contribution is -2.00. The van der Waals surface area contributed by atoms with Crippen molar-refractivity contribution in [3.8, 4) is 11.8 Å². The molecular weight excluding hydrogens is 267 g/mol. The van der Waals surface area contributed by atoms with Gasteiger partial charge in [0.15, 0.2) is 11.6 Å². The Morgan fingerprint density at radius 2 is 2.11 bits per heavy atom. The molecule has 2 rings (SSSR count). The number of para-hydroxylation sites is 1. The van der Waals surface area contributed by atoms with Gasteiger partial charge in [-0.1, -0.05) is 23.7 Å². The normalized spacial score (nSPS) is 9.95. The number of phenols is 1. The zero-order valence-electron chi connectivity index (χ0n) is 9.82. The van der Waals surface area contributed by atoms with Crippen LogP contribution in [0.1, 0.15) is 11.1 Å². The Labute approximate surface area is 114 Å². The molecule has 0 aliphatic rings. The third-order valence-corrected chi connectivity index (χ3v) is 2.96. The Morgan fingerprint density at radius 1 is 1.32 bits per heavy atom. The van der Waals surface area contributed by atoms with E-state index in [1.807, 2.05) is 6.07 Å². The van der Waals surface area contributed by atoms with Crippen molar-refractivity contribution in [2.24, 2.45) is 0 Å². The van der Waals surface area contributed by atoms with Crippen molar-refractivity contribution < 1.29 is 9.50 Å². The number of nitrogens with one attached hydrogen (secondary N) is 1. The van der Waals surface area contributed by atoms with Gasteiger partial charge in [0.2, 0.25) is 0 Å². The molecule has 5 heteroatoms. The van der Waals surface area contributed by atoms with E-state index in [1.54, 1.807) is 24.3 Å². The fourth-order valence-corrected chi connectivity index (χ4v) is 1.84. The lowest BCUT2D eigenvalue weighted by atomic mass is 10.1. The maximum Gasteiger partial charge on any atom is 0.165 e. The fraction of sp³-hybridized carbons (Fsp3) is 0.0714. The molecular formula is C14H10ClFN2O. The van der Waals surface area contributed by atoms with Crippen LogP contribution in [-0.2, 0) is 6.54 Å². The quantitative estimate of drug-likeness (QED) is 0.899. The molecule has 0 saturated heterocycles. The second-order valence-corrected chi connectivity index (χ2v) is 4.31. The summed E-state index contributed by atoms with van der Waals surface area (Å²) in [7, 11) is 0. The van der Waals surface area contributed by atoms with Gasteiger partial charge < -0.3 is 10.4 Å². The average molecular weight is 277 g/mol. The van der Waals surface area contributed by atoms with Crippen LogP contribution in [0.5, 0.6) is 5.75 Å². The average Bonchev–Trinajstić information content (AvgIpc) is 2.40. The van der Waals surface area contributed by atoms with E-state index in [0.29, 0.717) is 21.8 Å². The Balaban J connectivity index is 2.13. The molecule has 3 nitrogen and oxygen atoms in total. The zero-order valence-corrected chi connectivity index (χ0v) is 10.6. The first-order chi connectivity index (χ1) is 9.11. The number of phenolic OH excluding ortho intramolecular Hbond substituents is 1. The largest absolute Gasteiger partial charge is 0.505 e. The number of anilines is 1. The summed E-state index contributed by atoms with van der Waals surface area (Å²) in [6.07, 6.45) is 0. The smallest absolute Gasteiger partial charge is 0.165 e. The number of hydrogen-bond acceptors (Lipinski definition) is 3. The van der Waals surface area contributed by atoms with Crippen molar-refractivity contribution in [1.82, 2.24) is 0 Å². The summed E-state index contributed by atoms with van der Waals surface area (Å²) in [5.74, 6) is -1.02. The molecule has 0 amide bonds. The van der Waals surface area contributed by atoms with E-state index in [0.717, 1.165) is 0 Å². The van der Waals surface area contributed by atoms with Crippen LogP contribution < -0.4 is 5.32 Å². The Morgan fingerprint density at radius 3 is 2.79 bits per heavy atom. The van der Waals surface area contributed by atoms with Gasteiger partial charge in [-0.3, -0.25) is 0 Å². The first kappa shape index (κ1) is 13.2. The highest BCUT2D eigenvalue weighted by Gasteiger charge is 2.06. The van der Waals surface area contributed by atoms with Gasteiger partial charge >= 0.3 is 0 Å². The van der Waals surface area contributed by atoms with E-state index in [4.69, 9.17) is 16.9 Å². The number of halogens is 2. The van der Waals surface area contributed by atoms with Crippen LogP contribution in [0.15, 0.2) is 36.4 Å². The molecule has 0 aliphatic carbocycles. The van der Waals surface area contributed by atoms with Gasteiger partial charge in [-0.2, -0.15) is 5.26 Å². The van der Waals surface area contributed by atoms with Gasteiger partial charge in [-0.15, -0.1) is 0 Å². The molecule has 0 atom stereocenters. The molecule has 0 unspecified atom stereocenters. The highest BCUT2D eigenvalue weighted by Crippen LogP contribution is 2.24. The number of aromatic hydroxyl groups is 1. The van der Waals surface area contributed by atoms with Crippen molar-refractivity contribution in [2.75, 3.05) is 5.32 Å². The van der Waals surface area contributed by atoms with Crippen molar-refractivity contribution >= 4 is 17.3 Å². The number of nitriles is 1. The number of rotatable bonds is 3. The van der Waals surface area contributed by atoms with Crippen LogP contribution in [0.25, 0.3) is 0 Å². The summed E-state index contributed by atoms with van der Waals surface area (Å²) in [6.45, 7) is 0.256. The van der Waals surface area contributed by atoms with E-state index in [2.05, 4.69) is 5.32 Å². The van der Waals surface area contributed by atoms with Gasteiger partial charge in [0.05, 0.1) is 10.6 Å². The van der Waals surface area contributed by atoms with Crippen LogP contribution in [0.2, 0.25) is 5.02 Å². The lowest BCUT2D eigenvalue weighted by molar-refractivity contribution is 0.427. The number of hydrogen-bond donors (Lipinski definition) is 2. The highest BCUT2D eigenvalue weighted by molar-refractivity contribution is 6.32. The van der Waals surface area contributed by atoms with E-state index in [1.165, 1.54) is 12.1 Å². The first-order valence-corrected chi connectivity index (χ1v) is 5.89. The van der Waals surface area contributed by atoms with Gasteiger partial charge in [0.25, 0.3) is 0 Å². The van der Waals surface area contributed by atoms with Gasteiger partial charge in [0.1, 0.15) is 6.07 Å². The maximum atomic E-state index is 13.1. The zero-order chi connectivity index (χ0) is 13.8. The van der Waals surface area contributed by atoms with Crippen molar-refractivity contribution in [3.05, 3.63) is 58.4 Å². The van der Waals surface area contributed by atoms with Crippen LogP contribution in [0.3, 0.4) is 0 Å². The minimum Gasteiger partial charge on any atom is -0.505 e. The third kappa shape index (κ3) is 2.95. The molecule has 2 N–H and O–H groups in total. The molecule has 96 valence electrons. The van der Waals surface area contributed by atoms with Gasteiger partial charge in [-0.05, 0) is 24.3 Å². The summed E-state index contributed by atoms with van der Waals surface area (Å²) in [6, 6.07) is 11.2. The Hall–Kier alpha value is -2.25. The second kappa shape index (κ2) is 5.59. The maximum absolute atomic E-state index is 13.1. The summed E-state index contributed by atoms with van der Waals surface area (Å²) < 4.78 is 13.1. The SMILES string of the molecule is N#Cc1ccc(NCc2cccc(F)c2O)cc1Cl. The number of nitrogens with zero attached hydrogens (tertiary/aromatic N) is 1. The Kier molecular flexibility index (Phi) is 3.88. The second-order valence-electron chi connectivity index (χ2n) is 3.91. The minimum absolute atomic E-state index is 0.256. The number of benzene rings is 2. The first-order valence-electron chi connectivity index (χ1n) is 5.51. The van der Waals surface area contributed by atoms with Crippen molar-refractivity contribution in [1.29, 1.82) is 5.26 Å². The molecule has 0 radical (unpaired) electrons. The molecule has 0 spiro atoms.